The zero-order valence-corrected chi connectivity index (χ0v) is 21.8. The lowest BCUT2D eigenvalue weighted by Gasteiger charge is -2.28. The molecule has 6 nitrogen and oxygen atoms in total. The van der Waals surface area contributed by atoms with E-state index in [0.717, 1.165) is 0 Å². The van der Waals surface area contributed by atoms with Gasteiger partial charge in [-0.05, 0) is 54.2 Å². The average Bonchev–Trinajstić information content (AvgIpc) is 2.43. The molecule has 0 rings (SSSR count). The molecule has 134 valence electrons. The van der Waals surface area contributed by atoms with E-state index in [-0.39, 0.29) is 39.4 Å². The molecule has 10 heteroatoms. The van der Waals surface area contributed by atoms with E-state index in [1.165, 1.54) is 13.0 Å². The van der Waals surface area contributed by atoms with Gasteiger partial charge in [-0.3, -0.25) is 0 Å². The molecule has 0 aliphatic heterocycles. The maximum absolute atomic E-state index is 3.79. The monoisotopic (exact) mass is 380 g/mol. The summed E-state index contributed by atoms with van der Waals surface area (Å²) in [4.78, 5) is 0. The zero-order valence-electron chi connectivity index (χ0n) is 16.2. The summed E-state index contributed by atoms with van der Waals surface area (Å²) in [6.45, 7) is 8.15. The Labute approximate surface area is 148 Å². The first-order chi connectivity index (χ1) is 10.2. The number of hydrogen-bond donors (Lipinski definition) is 2. The van der Waals surface area contributed by atoms with Crippen LogP contribution in [-0.2, 0) is 0 Å². The fourth-order valence-corrected chi connectivity index (χ4v) is 10.0. The van der Waals surface area contributed by atoms with Crippen molar-refractivity contribution in [3.05, 3.63) is 0 Å². The Bertz CT molecular complexity index is 272. The average molecular weight is 381 g/mol. The highest BCUT2D eigenvalue weighted by atomic mass is 28.3. The van der Waals surface area contributed by atoms with Crippen LogP contribution in [0.2, 0.25) is 0 Å². The molecule has 0 aromatic carbocycles. The Kier molecular flexibility index (Phi) is 13.3. The van der Waals surface area contributed by atoms with Gasteiger partial charge in [0.05, 0.1) is 0 Å². The highest BCUT2D eigenvalue weighted by molar-refractivity contribution is 6.47. The fraction of sp³-hybridized carbons (Fsp3) is 1.00. The molecular weight excluding hydrogens is 341 g/mol. The van der Waals surface area contributed by atoms with Crippen LogP contribution < -0.4 is 9.30 Å². The summed E-state index contributed by atoms with van der Waals surface area (Å²) >= 11 is 0. The molecule has 0 fully saturated rings. The summed E-state index contributed by atoms with van der Waals surface area (Å²) in [6.07, 6.45) is 1.28. The van der Waals surface area contributed by atoms with Crippen LogP contribution in [0.3, 0.4) is 0 Å². The van der Waals surface area contributed by atoms with Gasteiger partial charge in [-0.25, -0.2) is 0 Å². The number of rotatable bonds is 13. The highest BCUT2D eigenvalue weighted by Gasteiger charge is 2.11. The molecule has 1 unspecified atom stereocenters. The number of nitrogens with zero attached hydrogens (tertiary/aromatic N) is 4. The van der Waals surface area contributed by atoms with E-state index in [0.29, 0.717) is 12.1 Å². The molecule has 0 radical (unpaired) electrons. The topological polar surface area (TPSA) is 37.0 Å². The second-order valence-corrected chi connectivity index (χ2v) is 16.6. The summed E-state index contributed by atoms with van der Waals surface area (Å²) < 4.78 is 17.4. The van der Waals surface area contributed by atoms with E-state index in [9.17, 15) is 0 Å². The minimum atomic E-state index is -0.277. The molecule has 0 spiro atoms. The molecule has 0 aromatic rings. The SMILES string of the molecule is CC(C)N(C)[SiH2]N[SiH2]N(C)C(C)CCN(C)[SiH2]N[SiH2]N(C)C. The molecule has 0 bridgehead atoms. The van der Waals surface area contributed by atoms with Gasteiger partial charge in [0.1, 0.15) is 0 Å². The van der Waals surface area contributed by atoms with Crippen LogP contribution in [0, 0.1) is 0 Å². The molecule has 1 atom stereocenters. The van der Waals surface area contributed by atoms with Gasteiger partial charge < -0.3 is 27.6 Å². The molecule has 0 aliphatic carbocycles. The maximum atomic E-state index is 3.79. The van der Waals surface area contributed by atoms with Crippen molar-refractivity contribution in [3.8, 4) is 0 Å². The number of nitrogens with one attached hydrogen (secondary N) is 2. The predicted molar refractivity (Wildman–Crippen MR) is 112 cm³/mol. The van der Waals surface area contributed by atoms with Gasteiger partial charge in [0.25, 0.3) is 0 Å². The summed E-state index contributed by atoms with van der Waals surface area (Å²) in [6, 6.07) is 1.37. The van der Waals surface area contributed by atoms with Gasteiger partial charge in [-0.15, -0.1) is 0 Å². The summed E-state index contributed by atoms with van der Waals surface area (Å²) in [5.41, 5.74) is 0. The van der Waals surface area contributed by atoms with E-state index in [2.05, 4.69) is 83.6 Å². The molecule has 0 aromatic heterocycles. The largest absolute Gasteiger partial charge is 0.345 e. The molecule has 0 saturated carbocycles. The van der Waals surface area contributed by atoms with Gasteiger partial charge in [0.2, 0.25) is 0 Å². The second-order valence-electron chi connectivity index (χ2n) is 7.04. The molecular formula is C12H40N6Si4. The van der Waals surface area contributed by atoms with Crippen molar-refractivity contribution < 1.29 is 0 Å². The third-order valence-corrected chi connectivity index (χ3v) is 11.5. The Morgan fingerprint density at radius 1 is 0.773 bits per heavy atom. The minimum absolute atomic E-state index is 0.185. The second kappa shape index (κ2) is 13.0. The maximum Gasteiger partial charge on any atom is 0.164 e. The summed E-state index contributed by atoms with van der Waals surface area (Å²) in [5, 5.41) is 0. The molecule has 2 N–H and O–H groups in total. The van der Waals surface area contributed by atoms with Crippen molar-refractivity contribution in [2.75, 3.05) is 41.8 Å². The normalized spacial score (nSPS) is 16.2. The summed E-state index contributed by atoms with van der Waals surface area (Å²) in [7, 11) is 10.2. The van der Waals surface area contributed by atoms with Crippen LogP contribution in [0.15, 0.2) is 0 Å². The molecule has 0 heterocycles. The first kappa shape index (κ1) is 22.6. The molecule has 0 saturated heterocycles. The van der Waals surface area contributed by atoms with Crippen molar-refractivity contribution in [1.82, 2.24) is 27.6 Å². The van der Waals surface area contributed by atoms with Gasteiger partial charge in [-0.2, -0.15) is 0 Å². The smallest absolute Gasteiger partial charge is 0.164 e. The van der Waals surface area contributed by atoms with E-state index in [1.807, 2.05) is 0 Å². The fourth-order valence-electron chi connectivity index (χ4n) is 1.91. The molecule has 22 heavy (non-hydrogen) atoms. The quantitative estimate of drug-likeness (QED) is 0.326. The lowest BCUT2D eigenvalue weighted by molar-refractivity contribution is 0.354. The highest BCUT2D eigenvalue weighted by Crippen LogP contribution is 1.99. The Balaban J connectivity index is 3.74. The predicted octanol–water partition coefficient (Wildman–Crippen LogP) is -3.30. The van der Waals surface area contributed by atoms with Crippen LogP contribution in [0.5, 0.6) is 0 Å². The molecule has 0 amide bonds. The van der Waals surface area contributed by atoms with Crippen LogP contribution >= 0.6 is 0 Å². The van der Waals surface area contributed by atoms with Gasteiger partial charge in [0, 0.05) is 6.04 Å². The first-order valence-electron chi connectivity index (χ1n) is 8.39. The van der Waals surface area contributed by atoms with Gasteiger partial charge >= 0.3 is 0 Å². The zero-order chi connectivity index (χ0) is 17.1. The standard InChI is InChI=1S/C12H40N6Si4/c1-11(2)17(7)21-14-22-18(8)12(3)9-10-16(6)20-13-19-15(4)5/h11-14H,9-10,19-22H2,1-8H3. The van der Waals surface area contributed by atoms with Crippen molar-refractivity contribution in [3.63, 3.8) is 0 Å². The molecule has 0 aliphatic rings. The third kappa shape index (κ3) is 12.1. The third-order valence-electron chi connectivity index (χ3n) is 4.09. The first-order valence-corrected chi connectivity index (χ1v) is 13.7. The van der Waals surface area contributed by atoms with Crippen molar-refractivity contribution in [2.24, 2.45) is 0 Å². The van der Waals surface area contributed by atoms with E-state index in [4.69, 9.17) is 0 Å². The summed E-state index contributed by atoms with van der Waals surface area (Å²) in [5.74, 6) is 0. The van der Waals surface area contributed by atoms with Crippen LogP contribution in [-0.4, -0.2) is 111 Å². The number of hydrogen-bond acceptors (Lipinski definition) is 6. The minimum Gasteiger partial charge on any atom is -0.345 e. The van der Waals surface area contributed by atoms with Crippen LogP contribution in [0.25, 0.3) is 0 Å². The van der Waals surface area contributed by atoms with Crippen molar-refractivity contribution >= 4 is 39.4 Å². The van der Waals surface area contributed by atoms with E-state index < -0.39 is 0 Å². The lowest BCUT2D eigenvalue weighted by atomic mass is 10.2. The van der Waals surface area contributed by atoms with Crippen molar-refractivity contribution in [2.45, 2.75) is 39.3 Å². The Morgan fingerprint density at radius 2 is 1.32 bits per heavy atom. The Morgan fingerprint density at radius 3 is 1.86 bits per heavy atom. The lowest BCUT2D eigenvalue weighted by Crippen LogP contribution is -2.49. The van der Waals surface area contributed by atoms with Gasteiger partial charge in [-0.1, -0.05) is 20.8 Å². The van der Waals surface area contributed by atoms with Gasteiger partial charge in [0.15, 0.2) is 39.4 Å². The Hall–Kier alpha value is 0.628. The van der Waals surface area contributed by atoms with Crippen molar-refractivity contribution in [1.29, 1.82) is 0 Å². The van der Waals surface area contributed by atoms with E-state index in [1.54, 1.807) is 0 Å². The van der Waals surface area contributed by atoms with Crippen LogP contribution in [0.1, 0.15) is 27.2 Å². The van der Waals surface area contributed by atoms with Crippen LogP contribution in [0.4, 0.5) is 0 Å². The van der Waals surface area contributed by atoms with E-state index >= 15 is 0 Å².